The third kappa shape index (κ3) is 3.68. The van der Waals surface area contributed by atoms with Crippen molar-refractivity contribution < 1.29 is 14.4 Å². The van der Waals surface area contributed by atoms with Gasteiger partial charge in [-0.1, -0.05) is 17.0 Å². The van der Waals surface area contributed by atoms with Crippen LogP contribution in [0.15, 0.2) is 28.2 Å². The molecule has 0 aromatic carbocycles. The fraction of sp³-hybridized carbons (Fsp3) is 0.231. The first kappa shape index (κ1) is 13.3. The number of hydrogen-bond donors (Lipinski definition) is 2. The molecular weight excluding hydrogens is 264 g/mol. The Morgan fingerprint density at radius 1 is 1.53 bits per heavy atom. The summed E-state index contributed by atoms with van der Waals surface area (Å²) < 4.78 is 4.76. The van der Waals surface area contributed by atoms with Crippen LogP contribution in [0.25, 0.3) is 0 Å². The predicted octanol–water partition coefficient (Wildman–Crippen LogP) is 1.40. The van der Waals surface area contributed by atoms with Gasteiger partial charge in [-0.25, -0.2) is 0 Å². The number of thiophene rings is 1. The van der Waals surface area contributed by atoms with Crippen molar-refractivity contribution in [3.05, 3.63) is 39.9 Å². The van der Waals surface area contributed by atoms with Gasteiger partial charge in [0.15, 0.2) is 0 Å². The number of rotatable bonds is 4. The first-order valence-electron chi connectivity index (χ1n) is 5.66. The van der Waals surface area contributed by atoms with E-state index in [4.69, 9.17) is 9.63 Å². The lowest BCUT2D eigenvalue weighted by molar-refractivity contribution is 0.0914. The molecule has 2 heterocycles. The van der Waals surface area contributed by atoms with E-state index in [2.05, 4.69) is 22.3 Å². The van der Waals surface area contributed by atoms with Gasteiger partial charge in [0.1, 0.15) is 0 Å². The van der Waals surface area contributed by atoms with Crippen molar-refractivity contribution in [2.75, 3.05) is 6.61 Å². The molecule has 0 aliphatic rings. The Morgan fingerprint density at radius 2 is 2.42 bits per heavy atom. The van der Waals surface area contributed by atoms with Crippen LogP contribution in [0.1, 0.15) is 27.4 Å². The fourth-order valence-corrected chi connectivity index (χ4v) is 2.15. The molecule has 0 saturated heterocycles. The number of amides is 1. The Balaban J connectivity index is 1.95. The first-order chi connectivity index (χ1) is 9.31. The molecule has 0 aliphatic carbocycles. The summed E-state index contributed by atoms with van der Waals surface area (Å²) in [5, 5.41) is 16.8. The van der Waals surface area contributed by atoms with Gasteiger partial charge >= 0.3 is 0 Å². The maximum absolute atomic E-state index is 11.7. The van der Waals surface area contributed by atoms with Gasteiger partial charge in [0.25, 0.3) is 5.91 Å². The molecule has 2 N–H and O–H groups in total. The number of aromatic nitrogens is 1. The van der Waals surface area contributed by atoms with Gasteiger partial charge in [-0.2, -0.15) is 0 Å². The Bertz CT molecular complexity index is 593. The molecule has 0 unspecified atom stereocenters. The Hall–Kier alpha value is -2.10. The van der Waals surface area contributed by atoms with E-state index in [1.807, 2.05) is 11.4 Å². The number of aliphatic hydroxyl groups excluding tert-OH is 1. The number of carbonyl (C=O) groups excluding carboxylic acids is 1. The Kier molecular flexibility index (Phi) is 4.72. The van der Waals surface area contributed by atoms with Gasteiger partial charge in [-0.05, 0) is 11.4 Å². The molecule has 98 valence electrons. The number of nitrogens with zero attached hydrogens (tertiary/aromatic N) is 1. The zero-order chi connectivity index (χ0) is 13.5. The maximum atomic E-state index is 11.7. The minimum absolute atomic E-state index is 0.0503. The van der Waals surface area contributed by atoms with Crippen molar-refractivity contribution in [2.24, 2.45) is 0 Å². The van der Waals surface area contributed by atoms with E-state index in [0.29, 0.717) is 13.0 Å². The second-order valence-electron chi connectivity index (χ2n) is 3.59. The quantitative estimate of drug-likeness (QED) is 0.828. The summed E-state index contributed by atoms with van der Waals surface area (Å²) in [5.74, 6) is 5.70. The molecule has 2 aromatic heterocycles. The van der Waals surface area contributed by atoms with E-state index in [0.717, 1.165) is 10.4 Å². The van der Waals surface area contributed by atoms with Crippen molar-refractivity contribution in [3.8, 4) is 11.8 Å². The van der Waals surface area contributed by atoms with E-state index in [1.165, 1.54) is 23.6 Å². The molecule has 0 bridgehead atoms. The number of nitrogens with one attached hydrogen (secondary N) is 1. The lowest BCUT2D eigenvalue weighted by Gasteiger charge is -2.01. The third-order valence-corrected chi connectivity index (χ3v) is 3.20. The van der Waals surface area contributed by atoms with E-state index < -0.39 is 0 Å². The van der Waals surface area contributed by atoms with E-state index in [9.17, 15) is 4.79 Å². The average Bonchev–Trinajstić information content (AvgIpc) is 3.08. The lowest BCUT2D eigenvalue weighted by Crippen LogP contribution is -2.22. The van der Waals surface area contributed by atoms with Crippen LogP contribution in [0, 0.1) is 11.8 Å². The summed E-state index contributed by atoms with van der Waals surface area (Å²) in [6.07, 6.45) is 1.87. The van der Waals surface area contributed by atoms with Gasteiger partial charge in [-0.15, -0.1) is 11.3 Å². The topological polar surface area (TPSA) is 75.4 Å². The summed E-state index contributed by atoms with van der Waals surface area (Å²) >= 11 is 1.52. The van der Waals surface area contributed by atoms with Gasteiger partial charge in [-0.3, -0.25) is 4.79 Å². The lowest BCUT2D eigenvalue weighted by atomic mass is 10.2. The predicted molar refractivity (Wildman–Crippen MR) is 70.6 cm³/mol. The molecular formula is C13H12N2O3S. The highest BCUT2D eigenvalue weighted by Gasteiger charge is 2.10. The summed E-state index contributed by atoms with van der Waals surface area (Å²) in [6.45, 7) is 0.440. The smallest absolute Gasteiger partial charge is 0.290 e. The SMILES string of the molecule is O=C(NCc1sccc1C#CCCO)c1ccno1. The van der Waals surface area contributed by atoms with Crippen LogP contribution in [0.4, 0.5) is 0 Å². The highest BCUT2D eigenvalue weighted by Crippen LogP contribution is 2.15. The molecule has 5 nitrogen and oxygen atoms in total. The van der Waals surface area contributed by atoms with E-state index in [-0.39, 0.29) is 18.3 Å². The van der Waals surface area contributed by atoms with Crippen molar-refractivity contribution >= 4 is 17.2 Å². The third-order valence-electron chi connectivity index (χ3n) is 2.28. The zero-order valence-corrected chi connectivity index (χ0v) is 10.9. The standard InChI is InChI=1S/C13H12N2O3S/c16-7-2-1-3-10-5-8-19-12(10)9-14-13(17)11-4-6-15-18-11/h4-6,8,16H,2,7,9H2,(H,14,17). The molecule has 1 amide bonds. The normalized spacial score (nSPS) is 9.74. The molecule has 2 rings (SSSR count). The monoisotopic (exact) mass is 276 g/mol. The van der Waals surface area contributed by atoms with E-state index in [1.54, 1.807) is 0 Å². The molecule has 0 saturated carbocycles. The Morgan fingerprint density at radius 3 is 3.16 bits per heavy atom. The summed E-state index contributed by atoms with van der Waals surface area (Å²) in [5.41, 5.74) is 0.872. The van der Waals surface area contributed by atoms with Crippen molar-refractivity contribution in [2.45, 2.75) is 13.0 Å². The molecule has 2 aromatic rings. The second kappa shape index (κ2) is 6.73. The average molecular weight is 276 g/mol. The molecule has 0 atom stereocenters. The number of hydrogen-bond acceptors (Lipinski definition) is 5. The van der Waals surface area contributed by atoms with Crippen molar-refractivity contribution in [1.82, 2.24) is 10.5 Å². The zero-order valence-electron chi connectivity index (χ0n) is 10.0. The van der Waals surface area contributed by atoms with Crippen LogP contribution in [0.5, 0.6) is 0 Å². The van der Waals surface area contributed by atoms with Gasteiger partial charge in [0.2, 0.25) is 5.76 Å². The summed E-state index contributed by atoms with van der Waals surface area (Å²) in [7, 11) is 0. The molecule has 0 aliphatic heterocycles. The fourth-order valence-electron chi connectivity index (χ4n) is 1.38. The van der Waals surface area contributed by atoms with Crippen LogP contribution >= 0.6 is 11.3 Å². The Labute approximate surface area is 114 Å². The van der Waals surface area contributed by atoms with Crippen LogP contribution in [-0.2, 0) is 6.54 Å². The van der Waals surface area contributed by atoms with Crippen molar-refractivity contribution in [1.29, 1.82) is 0 Å². The second-order valence-corrected chi connectivity index (χ2v) is 4.59. The minimum Gasteiger partial charge on any atom is -0.395 e. The highest BCUT2D eigenvalue weighted by atomic mass is 32.1. The molecule has 0 fully saturated rings. The van der Waals surface area contributed by atoms with Crippen LogP contribution in [0.3, 0.4) is 0 Å². The van der Waals surface area contributed by atoms with Crippen LogP contribution in [-0.4, -0.2) is 22.8 Å². The van der Waals surface area contributed by atoms with Gasteiger partial charge < -0.3 is 14.9 Å². The molecule has 6 heteroatoms. The number of aliphatic hydroxyl groups is 1. The maximum Gasteiger partial charge on any atom is 0.290 e. The first-order valence-corrected chi connectivity index (χ1v) is 6.54. The molecule has 0 spiro atoms. The summed E-state index contributed by atoms with van der Waals surface area (Å²) in [4.78, 5) is 12.6. The van der Waals surface area contributed by atoms with Crippen molar-refractivity contribution in [3.63, 3.8) is 0 Å². The van der Waals surface area contributed by atoms with E-state index >= 15 is 0 Å². The van der Waals surface area contributed by atoms with Crippen LogP contribution < -0.4 is 5.32 Å². The largest absolute Gasteiger partial charge is 0.395 e. The van der Waals surface area contributed by atoms with Gasteiger partial charge in [0.05, 0.1) is 19.3 Å². The highest BCUT2D eigenvalue weighted by molar-refractivity contribution is 7.10. The summed E-state index contributed by atoms with van der Waals surface area (Å²) in [6, 6.07) is 3.40. The van der Waals surface area contributed by atoms with Crippen LogP contribution in [0.2, 0.25) is 0 Å². The molecule has 0 radical (unpaired) electrons. The number of carbonyl (C=O) groups is 1. The molecule has 19 heavy (non-hydrogen) atoms. The van der Waals surface area contributed by atoms with Gasteiger partial charge in [0, 0.05) is 22.9 Å². The minimum atomic E-state index is -0.305.